The summed E-state index contributed by atoms with van der Waals surface area (Å²) in [5.41, 5.74) is 6.50. The Kier molecular flexibility index (Phi) is 7.05. The fourth-order valence-electron chi connectivity index (χ4n) is 2.18. The molecule has 0 atom stereocenters. The van der Waals surface area contributed by atoms with Gasteiger partial charge in [-0.3, -0.25) is 4.79 Å². The van der Waals surface area contributed by atoms with Gasteiger partial charge >= 0.3 is 0 Å². The highest BCUT2D eigenvalue weighted by Crippen LogP contribution is 2.18. The van der Waals surface area contributed by atoms with Crippen molar-refractivity contribution in [3.05, 3.63) is 48.0 Å². The number of nitrogens with one attached hydrogen (secondary N) is 1. The molecule has 3 nitrogen and oxygen atoms in total. The van der Waals surface area contributed by atoms with Gasteiger partial charge in [0.15, 0.2) is 0 Å². The van der Waals surface area contributed by atoms with Crippen LogP contribution in [0, 0.1) is 0 Å². The van der Waals surface area contributed by atoms with Crippen molar-refractivity contribution in [1.82, 2.24) is 5.32 Å². The number of hydrogen-bond acceptors (Lipinski definition) is 2. The zero-order valence-electron chi connectivity index (χ0n) is 11.5. The van der Waals surface area contributed by atoms with Gasteiger partial charge in [-0.1, -0.05) is 42.5 Å². The van der Waals surface area contributed by atoms with Crippen LogP contribution >= 0.6 is 12.4 Å². The molecule has 0 heterocycles. The fraction of sp³-hybridized carbons (Fsp3) is 0.312. The number of halogens is 1. The average Bonchev–Trinajstić information content (AvgIpc) is 2.44. The smallest absolute Gasteiger partial charge is 0.224 e. The summed E-state index contributed by atoms with van der Waals surface area (Å²) < 4.78 is 0. The summed E-state index contributed by atoms with van der Waals surface area (Å²) in [6, 6.07) is 14.2. The van der Waals surface area contributed by atoms with Gasteiger partial charge in [0, 0.05) is 6.54 Å². The molecule has 0 bridgehead atoms. The van der Waals surface area contributed by atoms with Gasteiger partial charge < -0.3 is 11.1 Å². The normalized spacial score (nSPS) is 10.1. The van der Waals surface area contributed by atoms with E-state index in [1.807, 2.05) is 24.3 Å². The third-order valence-corrected chi connectivity index (χ3v) is 3.18. The van der Waals surface area contributed by atoms with Crippen LogP contribution in [0.5, 0.6) is 0 Å². The Balaban J connectivity index is 0.00000200. The number of benzene rings is 2. The first-order valence-corrected chi connectivity index (χ1v) is 6.74. The molecule has 0 fully saturated rings. The molecule has 0 saturated heterocycles. The van der Waals surface area contributed by atoms with Crippen molar-refractivity contribution in [3.63, 3.8) is 0 Å². The quantitative estimate of drug-likeness (QED) is 0.804. The largest absolute Gasteiger partial charge is 0.356 e. The van der Waals surface area contributed by atoms with Crippen molar-refractivity contribution in [2.24, 2.45) is 5.73 Å². The number of nitrogens with two attached hydrogens (primary N) is 1. The molecular formula is C16H21ClN2O. The van der Waals surface area contributed by atoms with E-state index in [0.29, 0.717) is 19.5 Å². The molecule has 2 aromatic rings. The molecule has 3 N–H and O–H groups in total. The minimum atomic E-state index is 0. The number of amides is 1. The highest BCUT2D eigenvalue weighted by atomic mass is 35.5. The molecule has 4 heteroatoms. The second kappa shape index (κ2) is 8.56. The SMILES string of the molecule is Cl.NCCCCNC(=O)Cc1cccc2ccccc12. The molecule has 20 heavy (non-hydrogen) atoms. The minimum Gasteiger partial charge on any atom is -0.356 e. The topological polar surface area (TPSA) is 55.1 Å². The third-order valence-electron chi connectivity index (χ3n) is 3.18. The second-order valence-corrected chi connectivity index (χ2v) is 4.66. The summed E-state index contributed by atoms with van der Waals surface area (Å²) in [4.78, 5) is 11.9. The monoisotopic (exact) mass is 292 g/mol. The van der Waals surface area contributed by atoms with Crippen molar-refractivity contribution in [1.29, 1.82) is 0 Å². The molecule has 0 saturated carbocycles. The molecule has 0 aliphatic heterocycles. The fourth-order valence-corrected chi connectivity index (χ4v) is 2.18. The maximum absolute atomic E-state index is 11.9. The van der Waals surface area contributed by atoms with Crippen molar-refractivity contribution >= 4 is 29.1 Å². The van der Waals surface area contributed by atoms with Crippen LogP contribution in [0.25, 0.3) is 10.8 Å². The molecule has 108 valence electrons. The Morgan fingerprint density at radius 1 is 1.05 bits per heavy atom. The Morgan fingerprint density at radius 3 is 2.60 bits per heavy atom. The lowest BCUT2D eigenvalue weighted by Crippen LogP contribution is -2.26. The predicted molar refractivity (Wildman–Crippen MR) is 86.2 cm³/mol. The van der Waals surface area contributed by atoms with Gasteiger partial charge in [0.1, 0.15) is 0 Å². The summed E-state index contributed by atoms with van der Waals surface area (Å²) >= 11 is 0. The van der Waals surface area contributed by atoms with E-state index in [0.717, 1.165) is 23.8 Å². The van der Waals surface area contributed by atoms with Crippen molar-refractivity contribution < 1.29 is 4.79 Å². The standard InChI is InChI=1S/C16H20N2O.ClH/c17-10-3-4-11-18-16(19)12-14-8-5-7-13-6-1-2-9-15(13)14;/h1-2,5-9H,3-4,10-12,17H2,(H,18,19);1H. The molecular weight excluding hydrogens is 272 g/mol. The minimum absolute atomic E-state index is 0. The van der Waals surface area contributed by atoms with Gasteiger partial charge in [0.2, 0.25) is 5.91 Å². The van der Waals surface area contributed by atoms with Crippen LogP contribution in [-0.2, 0) is 11.2 Å². The Morgan fingerprint density at radius 2 is 1.80 bits per heavy atom. The lowest BCUT2D eigenvalue weighted by molar-refractivity contribution is -0.120. The second-order valence-electron chi connectivity index (χ2n) is 4.66. The van der Waals surface area contributed by atoms with Gasteiger partial charge in [-0.15, -0.1) is 12.4 Å². The number of fused-ring (bicyclic) bond motifs is 1. The van der Waals surface area contributed by atoms with Crippen molar-refractivity contribution in [3.8, 4) is 0 Å². The van der Waals surface area contributed by atoms with Crippen LogP contribution in [-0.4, -0.2) is 19.0 Å². The maximum atomic E-state index is 11.9. The number of carbonyl (C=O) groups excluding carboxylic acids is 1. The van der Waals surface area contributed by atoms with Gasteiger partial charge in [-0.2, -0.15) is 0 Å². The predicted octanol–water partition coefficient (Wildman–Crippen LogP) is 2.66. The van der Waals surface area contributed by atoms with Gasteiger partial charge in [0.05, 0.1) is 6.42 Å². The molecule has 0 unspecified atom stereocenters. The van der Waals surface area contributed by atoms with Crippen LogP contribution in [0.4, 0.5) is 0 Å². The highest BCUT2D eigenvalue weighted by molar-refractivity contribution is 5.90. The number of unbranched alkanes of at least 4 members (excludes halogenated alkanes) is 1. The zero-order chi connectivity index (χ0) is 13.5. The highest BCUT2D eigenvalue weighted by Gasteiger charge is 2.05. The van der Waals surface area contributed by atoms with E-state index in [4.69, 9.17) is 5.73 Å². The van der Waals surface area contributed by atoms with Gasteiger partial charge in [-0.25, -0.2) is 0 Å². The first-order chi connectivity index (χ1) is 9.31. The van der Waals surface area contributed by atoms with E-state index in [1.165, 1.54) is 5.39 Å². The van der Waals surface area contributed by atoms with Crippen molar-refractivity contribution in [2.75, 3.05) is 13.1 Å². The van der Waals surface area contributed by atoms with Crippen LogP contribution < -0.4 is 11.1 Å². The summed E-state index contributed by atoms with van der Waals surface area (Å²) in [6.45, 7) is 1.39. The Labute approximate surface area is 126 Å². The van der Waals surface area contributed by atoms with Crippen LogP contribution in [0.1, 0.15) is 18.4 Å². The van der Waals surface area contributed by atoms with E-state index in [9.17, 15) is 4.79 Å². The first kappa shape index (κ1) is 16.5. The van der Waals surface area contributed by atoms with Gasteiger partial charge in [-0.05, 0) is 35.7 Å². The summed E-state index contributed by atoms with van der Waals surface area (Å²) in [5, 5.41) is 5.27. The Hall–Kier alpha value is -1.58. The summed E-state index contributed by atoms with van der Waals surface area (Å²) in [6.07, 6.45) is 2.33. The maximum Gasteiger partial charge on any atom is 0.224 e. The average molecular weight is 293 g/mol. The van der Waals surface area contributed by atoms with Gasteiger partial charge in [0.25, 0.3) is 0 Å². The number of carbonyl (C=O) groups is 1. The van der Waals surface area contributed by atoms with E-state index < -0.39 is 0 Å². The van der Waals surface area contributed by atoms with Crippen LogP contribution in [0.15, 0.2) is 42.5 Å². The molecule has 0 spiro atoms. The van der Waals surface area contributed by atoms with Crippen LogP contribution in [0.3, 0.4) is 0 Å². The third kappa shape index (κ3) is 4.51. The molecule has 2 aromatic carbocycles. The lowest BCUT2D eigenvalue weighted by Gasteiger charge is -2.07. The number of hydrogen-bond donors (Lipinski definition) is 2. The Bertz CT molecular complexity index is 552. The van der Waals surface area contributed by atoms with E-state index >= 15 is 0 Å². The molecule has 0 radical (unpaired) electrons. The van der Waals surface area contributed by atoms with E-state index in [1.54, 1.807) is 0 Å². The van der Waals surface area contributed by atoms with Crippen molar-refractivity contribution in [2.45, 2.75) is 19.3 Å². The summed E-state index contributed by atoms with van der Waals surface area (Å²) in [5.74, 6) is 0.0772. The summed E-state index contributed by atoms with van der Waals surface area (Å²) in [7, 11) is 0. The lowest BCUT2D eigenvalue weighted by atomic mass is 10.0. The molecule has 2 rings (SSSR count). The van der Waals surface area contributed by atoms with E-state index in [2.05, 4.69) is 23.5 Å². The van der Waals surface area contributed by atoms with Crippen LogP contribution in [0.2, 0.25) is 0 Å². The number of rotatable bonds is 6. The molecule has 1 amide bonds. The van der Waals surface area contributed by atoms with E-state index in [-0.39, 0.29) is 18.3 Å². The zero-order valence-corrected chi connectivity index (χ0v) is 12.3. The molecule has 0 aromatic heterocycles. The molecule has 0 aliphatic carbocycles. The first-order valence-electron chi connectivity index (χ1n) is 6.74. The molecule has 0 aliphatic rings.